The summed E-state index contributed by atoms with van der Waals surface area (Å²) in [5.74, 6) is 0.202. The second kappa shape index (κ2) is 6.13. The molecule has 0 saturated carbocycles. The summed E-state index contributed by atoms with van der Waals surface area (Å²) in [6.07, 6.45) is 1.61. The first kappa shape index (κ1) is 17.1. The van der Waals surface area contributed by atoms with Crippen LogP contribution < -0.4 is 0 Å². The molecule has 0 aliphatic carbocycles. The quantitative estimate of drug-likeness (QED) is 0.459. The largest absolute Gasteiger partial charge is 0.462 e. The molecule has 0 amide bonds. The van der Waals surface area contributed by atoms with Crippen LogP contribution in [0, 0.1) is 13.8 Å². The molecule has 0 bridgehead atoms. The van der Waals surface area contributed by atoms with E-state index in [2.05, 4.69) is 31.1 Å². The zero-order chi connectivity index (χ0) is 18.6. The molecule has 134 valence electrons. The molecule has 0 atom stereocenters. The molecule has 0 aromatic carbocycles. The fraction of sp³-hybridized carbons (Fsp3) is 0.312. The van der Waals surface area contributed by atoms with Gasteiger partial charge in [0.05, 0.1) is 22.2 Å². The summed E-state index contributed by atoms with van der Waals surface area (Å²) in [6, 6.07) is 0. The third-order valence-electron chi connectivity index (χ3n) is 4.09. The third-order valence-corrected chi connectivity index (χ3v) is 6.22. The minimum Gasteiger partial charge on any atom is -0.462 e. The summed E-state index contributed by atoms with van der Waals surface area (Å²) >= 11 is 4.86. The zero-order valence-corrected chi connectivity index (χ0v) is 17.0. The molecule has 0 aliphatic heterocycles. The molecule has 4 aromatic rings. The maximum Gasteiger partial charge on any atom is 0.348 e. The van der Waals surface area contributed by atoms with E-state index in [1.165, 1.54) is 11.3 Å². The predicted octanol–water partition coefficient (Wildman–Crippen LogP) is 3.30. The Hall–Kier alpha value is -2.33. The highest BCUT2D eigenvalue weighted by Gasteiger charge is 2.23. The number of halogens is 1. The van der Waals surface area contributed by atoms with Crippen molar-refractivity contribution in [1.29, 1.82) is 0 Å². The van der Waals surface area contributed by atoms with Gasteiger partial charge in [0, 0.05) is 7.05 Å². The topological polar surface area (TPSA) is 87.2 Å². The van der Waals surface area contributed by atoms with Gasteiger partial charge in [0.15, 0.2) is 5.65 Å². The lowest BCUT2D eigenvalue weighted by molar-refractivity contribution is 0.0531. The summed E-state index contributed by atoms with van der Waals surface area (Å²) in [4.78, 5) is 22.6. The Bertz CT molecular complexity index is 1180. The van der Waals surface area contributed by atoms with Gasteiger partial charge in [-0.15, -0.1) is 16.4 Å². The lowest BCUT2D eigenvalue weighted by Crippen LogP contribution is -2.03. The van der Waals surface area contributed by atoms with E-state index in [-0.39, 0.29) is 5.97 Å². The monoisotopic (exact) mass is 434 g/mol. The van der Waals surface area contributed by atoms with Crippen molar-refractivity contribution >= 4 is 49.1 Å². The summed E-state index contributed by atoms with van der Waals surface area (Å²) in [6.45, 7) is 5.91. The molecular formula is C16H15BrN6O2S. The van der Waals surface area contributed by atoms with E-state index in [1.807, 2.05) is 20.9 Å². The Morgan fingerprint density at radius 1 is 1.35 bits per heavy atom. The molecule has 10 heteroatoms. The van der Waals surface area contributed by atoms with E-state index in [1.54, 1.807) is 22.4 Å². The number of aryl methyl sites for hydroxylation is 3. The minimum absolute atomic E-state index is 0.332. The smallest absolute Gasteiger partial charge is 0.348 e. The van der Waals surface area contributed by atoms with Gasteiger partial charge in [0.25, 0.3) is 0 Å². The van der Waals surface area contributed by atoms with Crippen LogP contribution in [0.15, 0.2) is 10.8 Å². The average Bonchev–Trinajstić information content (AvgIpc) is 3.22. The van der Waals surface area contributed by atoms with Crippen LogP contribution in [-0.4, -0.2) is 41.9 Å². The SMILES string of the molecule is CCOC(=O)c1sc2ncn3nc(-c4c(Br)c(C)nn4C)nc3c2c1C. The second-order valence-electron chi connectivity index (χ2n) is 5.78. The van der Waals surface area contributed by atoms with Gasteiger partial charge in [0.1, 0.15) is 21.7 Å². The highest BCUT2D eigenvalue weighted by molar-refractivity contribution is 9.10. The van der Waals surface area contributed by atoms with Crippen LogP contribution in [0.25, 0.3) is 27.4 Å². The number of esters is 1. The number of aromatic nitrogens is 6. The van der Waals surface area contributed by atoms with E-state index in [0.717, 1.165) is 31.6 Å². The van der Waals surface area contributed by atoms with Gasteiger partial charge < -0.3 is 4.74 Å². The zero-order valence-electron chi connectivity index (χ0n) is 14.6. The van der Waals surface area contributed by atoms with E-state index in [4.69, 9.17) is 9.72 Å². The second-order valence-corrected chi connectivity index (χ2v) is 7.57. The molecule has 0 radical (unpaired) electrons. The van der Waals surface area contributed by atoms with Crippen molar-refractivity contribution in [2.45, 2.75) is 20.8 Å². The van der Waals surface area contributed by atoms with E-state index >= 15 is 0 Å². The lowest BCUT2D eigenvalue weighted by atomic mass is 10.2. The van der Waals surface area contributed by atoms with Gasteiger partial charge in [-0.25, -0.2) is 19.3 Å². The number of hydrogen-bond acceptors (Lipinski definition) is 7. The van der Waals surface area contributed by atoms with Gasteiger partial charge in [-0.1, -0.05) is 0 Å². The molecule has 4 heterocycles. The predicted molar refractivity (Wildman–Crippen MR) is 101 cm³/mol. The molecule has 4 aromatic heterocycles. The molecule has 0 spiro atoms. The third kappa shape index (κ3) is 2.43. The van der Waals surface area contributed by atoms with Crippen molar-refractivity contribution in [3.63, 3.8) is 0 Å². The molecule has 4 rings (SSSR count). The molecule has 8 nitrogen and oxygen atoms in total. The number of carbonyl (C=O) groups excluding carboxylic acids is 1. The minimum atomic E-state index is -0.337. The summed E-state index contributed by atoms with van der Waals surface area (Å²) < 4.78 is 9.36. The van der Waals surface area contributed by atoms with E-state index < -0.39 is 0 Å². The number of fused-ring (bicyclic) bond motifs is 3. The van der Waals surface area contributed by atoms with Crippen LogP contribution in [-0.2, 0) is 11.8 Å². The molecule has 0 saturated heterocycles. The first-order valence-electron chi connectivity index (χ1n) is 7.93. The molecule has 26 heavy (non-hydrogen) atoms. The molecule has 0 fully saturated rings. The van der Waals surface area contributed by atoms with E-state index in [0.29, 0.717) is 23.0 Å². The first-order valence-corrected chi connectivity index (χ1v) is 9.54. The maximum atomic E-state index is 12.2. The van der Waals surface area contributed by atoms with Crippen molar-refractivity contribution < 1.29 is 9.53 Å². The van der Waals surface area contributed by atoms with Crippen LogP contribution in [0.2, 0.25) is 0 Å². The Morgan fingerprint density at radius 2 is 2.12 bits per heavy atom. The van der Waals surface area contributed by atoms with Crippen LogP contribution in [0.1, 0.15) is 27.9 Å². The van der Waals surface area contributed by atoms with Crippen LogP contribution in [0.4, 0.5) is 0 Å². The number of nitrogens with zero attached hydrogens (tertiary/aromatic N) is 6. The highest BCUT2D eigenvalue weighted by atomic mass is 79.9. The number of thiophene rings is 1. The van der Waals surface area contributed by atoms with Crippen molar-refractivity contribution in [2.75, 3.05) is 6.61 Å². The number of hydrogen-bond donors (Lipinski definition) is 0. The Balaban J connectivity index is 1.96. The van der Waals surface area contributed by atoms with Crippen LogP contribution >= 0.6 is 27.3 Å². The van der Waals surface area contributed by atoms with Gasteiger partial charge in [0.2, 0.25) is 5.82 Å². The Labute approximate surface area is 160 Å². The fourth-order valence-electron chi connectivity index (χ4n) is 2.90. The Morgan fingerprint density at radius 3 is 2.77 bits per heavy atom. The Kier molecular flexibility index (Phi) is 4.03. The highest BCUT2D eigenvalue weighted by Crippen LogP contribution is 2.34. The van der Waals surface area contributed by atoms with E-state index in [9.17, 15) is 4.79 Å². The van der Waals surface area contributed by atoms with Gasteiger partial charge in [-0.3, -0.25) is 4.68 Å². The van der Waals surface area contributed by atoms with Crippen molar-refractivity contribution in [2.24, 2.45) is 7.05 Å². The first-order chi connectivity index (χ1) is 12.4. The number of carbonyl (C=O) groups is 1. The van der Waals surface area contributed by atoms with Gasteiger partial charge in [-0.05, 0) is 42.3 Å². The average molecular weight is 435 g/mol. The molecule has 0 N–H and O–H groups in total. The lowest BCUT2D eigenvalue weighted by Gasteiger charge is -1.99. The van der Waals surface area contributed by atoms with Crippen molar-refractivity contribution in [3.05, 3.63) is 26.9 Å². The molecule has 0 aliphatic rings. The normalized spacial score (nSPS) is 11.6. The van der Waals surface area contributed by atoms with Crippen LogP contribution in [0.3, 0.4) is 0 Å². The number of rotatable bonds is 3. The summed E-state index contributed by atoms with van der Waals surface area (Å²) in [7, 11) is 1.85. The molecular weight excluding hydrogens is 420 g/mol. The van der Waals surface area contributed by atoms with Crippen LogP contribution in [0.5, 0.6) is 0 Å². The van der Waals surface area contributed by atoms with Crippen molar-refractivity contribution in [1.82, 2.24) is 29.4 Å². The standard InChI is InChI=1S/C16H15BrN6O2S/c1-5-25-16(24)12-7(2)9-14-19-13(11-10(17)8(3)20-22(11)4)21-23(14)6-18-15(9)26-12/h6H,5H2,1-4H3. The maximum absolute atomic E-state index is 12.2. The van der Waals surface area contributed by atoms with Gasteiger partial charge >= 0.3 is 5.97 Å². The summed E-state index contributed by atoms with van der Waals surface area (Å²) in [5, 5.41) is 9.75. The fourth-order valence-corrected chi connectivity index (χ4v) is 4.45. The van der Waals surface area contributed by atoms with Gasteiger partial charge in [-0.2, -0.15) is 5.10 Å². The van der Waals surface area contributed by atoms with Crippen molar-refractivity contribution in [3.8, 4) is 11.5 Å². The number of ether oxygens (including phenoxy) is 1. The summed E-state index contributed by atoms with van der Waals surface area (Å²) in [5.41, 5.74) is 3.11. The molecule has 0 unspecified atom stereocenters.